The zero-order chi connectivity index (χ0) is 27.7. The third-order valence-electron chi connectivity index (χ3n) is 6.68. The predicted molar refractivity (Wildman–Crippen MR) is 155 cm³/mol. The number of nitrogens with one attached hydrogen (secondary N) is 1. The van der Waals surface area contributed by atoms with Crippen molar-refractivity contribution in [2.75, 3.05) is 11.9 Å². The molecule has 2 heterocycles. The Kier molecular flexibility index (Phi) is 6.86. The highest BCUT2D eigenvalue weighted by molar-refractivity contribution is 7.82. The van der Waals surface area contributed by atoms with Crippen LogP contribution in [0.2, 0.25) is 0 Å². The SMILES string of the molecule is C[C@H](NC(=O)C(=S)c1ccc2ccccc2c1)C(=O)C1(N)N=C(c2ccccn2)c2ccccc2N(C)C1=O. The number of aliphatic imine (C=N–C) groups is 1. The molecule has 4 aromatic rings. The molecule has 3 aromatic carbocycles. The number of hydrogen-bond donors (Lipinski definition) is 2. The fourth-order valence-electron chi connectivity index (χ4n) is 4.59. The third-order valence-corrected chi connectivity index (χ3v) is 7.10. The molecule has 9 heteroatoms. The average molecular weight is 536 g/mol. The van der Waals surface area contributed by atoms with E-state index in [-0.39, 0.29) is 4.86 Å². The largest absolute Gasteiger partial charge is 0.342 e. The van der Waals surface area contributed by atoms with Gasteiger partial charge in [-0.15, -0.1) is 0 Å². The Hall–Kier alpha value is -4.60. The number of amides is 2. The van der Waals surface area contributed by atoms with E-state index in [4.69, 9.17) is 18.0 Å². The van der Waals surface area contributed by atoms with Crippen molar-refractivity contribution in [2.45, 2.75) is 18.6 Å². The molecule has 3 N–H and O–H groups in total. The number of ketones is 1. The summed E-state index contributed by atoms with van der Waals surface area (Å²) in [7, 11) is 1.53. The second-order valence-corrected chi connectivity index (χ2v) is 9.68. The fraction of sp³-hybridized carbons (Fsp3) is 0.133. The molecule has 1 aliphatic heterocycles. The van der Waals surface area contributed by atoms with Crippen LogP contribution >= 0.6 is 12.2 Å². The number of nitrogens with two attached hydrogens (primary N) is 1. The van der Waals surface area contributed by atoms with Crippen molar-refractivity contribution in [1.29, 1.82) is 0 Å². The van der Waals surface area contributed by atoms with E-state index in [0.29, 0.717) is 28.2 Å². The first-order chi connectivity index (χ1) is 18.7. The zero-order valence-corrected chi connectivity index (χ0v) is 22.1. The third kappa shape index (κ3) is 4.73. The number of hydrogen-bond acceptors (Lipinski definition) is 7. The molecule has 2 atom stereocenters. The van der Waals surface area contributed by atoms with Gasteiger partial charge in [-0.3, -0.25) is 25.1 Å². The minimum absolute atomic E-state index is 0.0147. The summed E-state index contributed by atoms with van der Waals surface area (Å²) < 4.78 is 0. The number of anilines is 1. The van der Waals surface area contributed by atoms with Gasteiger partial charge in [0.25, 0.3) is 11.8 Å². The Morgan fingerprint density at radius 3 is 2.41 bits per heavy atom. The average Bonchev–Trinajstić information content (AvgIpc) is 3.06. The number of thiocarbonyl (C=S) groups is 1. The Morgan fingerprint density at radius 2 is 1.67 bits per heavy atom. The highest BCUT2D eigenvalue weighted by Gasteiger charge is 2.49. The summed E-state index contributed by atoms with van der Waals surface area (Å²) in [5.74, 6) is -2.14. The summed E-state index contributed by atoms with van der Waals surface area (Å²) in [6.07, 6.45) is 1.59. The number of carbonyl (C=O) groups is 3. The Labute approximate surface area is 230 Å². The summed E-state index contributed by atoms with van der Waals surface area (Å²) in [6, 6.07) is 24.4. The first kappa shape index (κ1) is 26.0. The van der Waals surface area contributed by atoms with E-state index in [2.05, 4.69) is 15.3 Å². The molecule has 0 saturated heterocycles. The highest BCUT2D eigenvalue weighted by Crippen LogP contribution is 2.30. The van der Waals surface area contributed by atoms with Crippen molar-refractivity contribution in [3.63, 3.8) is 0 Å². The molecule has 0 saturated carbocycles. The van der Waals surface area contributed by atoms with Crippen LogP contribution in [-0.2, 0) is 14.4 Å². The maximum absolute atomic E-state index is 13.8. The van der Waals surface area contributed by atoms with Crippen LogP contribution in [-0.4, -0.2) is 51.9 Å². The second kappa shape index (κ2) is 10.3. The van der Waals surface area contributed by atoms with Gasteiger partial charge < -0.3 is 10.2 Å². The number of aromatic nitrogens is 1. The number of nitrogens with zero attached hydrogens (tertiary/aromatic N) is 3. The molecule has 0 radical (unpaired) electrons. The van der Waals surface area contributed by atoms with E-state index >= 15 is 0 Å². The number of benzodiazepines with no additional fused rings is 1. The number of pyridine rings is 1. The smallest absolute Gasteiger partial charge is 0.277 e. The molecule has 8 nitrogen and oxygen atoms in total. The van der Waals surface area contributed by atoms with Crippen LogP contribution in [0.3, 0.4) is 0 Å². The highest BCUT2D eigenvalue weighted by atomic mass is 32.1. The lowest BCUT2D eigenvalue weighted by molar-refractivity contribution is -0.136. The number of Topliss-reactive ketones (excluding diaryl/α,β-unsaturated/α-hetero) is 1. The molecule has 1 unspecified atom stereocenters. The molecule has 0 aliphatic carbocycles. The normalized spacial score (nSPS) is 17.6. The summed E-state index contributed by atoms with van der Waals surface area (Å²) in [6.45, 7) is 1.46. The zero-order valence-electron chi connectivity index (χ0n) is 21.3. The monoisotopic (exact) mass is 535 g/mol. The Bertz CT molecular complexity index is 1670. The van der Waals surface area contributed by atoms with Crippen LogP contribution in [0.5, 0.6) is 0 Å². The van der Waals surface area contributed by atoms with Crippen molar-refractivity contribution in [2.24, 2.45) is 10.7 Å². The van der Waals surface area contributed by atoms with Gasteiger partial charge >= 0.3 is 0 Å². The van der Waals surface area contributed by atoms with Gasteiger partial charge in [0.2, 0.25) is 11.4 Å². The van der Waals surface area contributed by atoms with E-state index in [0.717, 1.165) is 10.8 Å². The van der Waals surface area contributed by atoms with Crippen molar-refractivity contribution in [3.8, 4) is 0 Å². The molecule has 194 valence electrons. The number of likely N-dealkylation sites (N-methyl/N-ethyl adjacent to an activating group) is 1. The Balaban J connectivity index is 1.46. The topological polar surface area (TPSA) is 118 Å². The van der Waals surface area contributed by atoms with E-state index in [1.165, 1.54) is 18.9 Å². The van der Waals surface area contributed by atoms with Crippen LogP contribution in [0.4, 0.5) is 5.69 Å². The molecule has 5 rings (SSSR count). The van der Waals surface area contributed by atoms with Crippen LogP contribution in [0.1, 0.15) is 23.7 Å². The molecule has 0 bridgehead atoms. The van der Waals surface area contributed by atoms with Crippen molar-refractivity contribution >= 4 is 56.9 Å². The second-order valence-electron chi connectivity index (χ2n) is 9.27. The molecule has 2 amide bonds. The minimum atomic E-state index is -2.32. The van der Waals surface area contributed by atoms with Crippen molar-refractivity contribution < 1.29 is 14.4 Å². The van der Waals surface area contributed by atoms with Crippen molar-refractivity contribution in [3.05, 3.63) is 108 Å². The standard InChI is InChI=1S/C30H25N5O3S/c1-18(33-28(37)26(39)21-15-14-19-9-3-4-10-20(19)17-21)27(36)30(31)29(38)35(2)24-13-6-5-11-22(24)25(34-30)23-12-7-8-16-32-23/h3-18H,31H2,1-2H3,(H,33,37)/t18-,30?/m0/s1. The summed E-state index contributed by atoms with van der Waals surface area (Å²) in [5, 5.41) is 4.55. The van der Waals surface area contributed by atoms with Gasteiger partial charge in [0.1, 0.15) is 4.86 Å². The first-order valence-electron chi connectivity index (χ1n) is 12.3. The number of rotatable bonds is 6. The maximum Gasteiger partial charge on any atom is 0.277 e. The van der Waals surface area contributed by atoms with Crippen LogP contribution < -0.4 is 16.0 Å². The van der Waals surface area contributed by atoms with Crippen LogP contribution in [0, 0.1) is 0 Å². The van der Waals surface area contributed by atoms with Gasteiger partial charge in [0.15, 0.2) is 0 Å². The lowest BCUT2D eigenvalue weighted by atomic mass is 9.98. The molecule has 1 aliphatic rings. The van der Waals surface area contributed by atoms with E-state index in [9.17, 15) is 14.4 Å². The quantitative estimate of drug-likeness (QED) is 0.222. The van der Waals surface area contributed by atoms with E-state index in [1.54, 1.807) is 54.7 Å². The number of carbonyl (C=O) groups excluding carboxylic acids is 3. The van der Waals surface area contributed by atoms with Crippen molar-refractivity contribution in [1.82, 2.24) is 10.3 Å². The van der Waals surface area contributed by atoms with E-state index in [1.807, 2.05) is 36.4 Å². The molecular weight excluding hydrogens is 510 g/mol. The van der Waals surface area contributed by atoms with Crippen LogP contribution in [0.15, 0.2) is 96.1 Å². The molecular formula is C30H25N5O3S. The summed E-state index contributed by atoms with van der Waals surface area (Å²) in [4.78, 5) is 50.7. The molecule has 39 heavy (non-hydrogen) atoms. The molecule has 0 fully saturated rings. The first-order valence-corrected chi connectivity index (χ1v) is 12.7. The van der Waals surface area contributed by atoms with Gasteiger partial charge in [0, 0.05) is 18.8 Å². The Morgan fingerprint density at radius 1 is 0.974 bits per heavy atom. The number of para-hydroxylation sites is 1. The van der Waals surface area contributed by atoms with Gasteiger partial charge in [-0.25, -0.2) is 4.99 Å². The predicted octanol–water partition coefficient (Wildman–Crippen LogP) is 3.20. The van der Waals surface area contributed by atoms with Crippen LogP contribution in [0.25, 0.3) is 10.8 Å². The van der Waals surface area contributed by atoms with Gasteiger partial charge in [-0.1, -0.05) is 72.9 Å². The molecule has 1 aromatic heterocycles. The lowest BCUT2D eigenvalue weighted by Gasteiger charge is -2.28. The fourth-order valence-corrected chi connectivity index (χ4v) is 4.78. The maximum atomic E-state index is 13.8. The van der Waals surface area contributed by atoms with Gasteiger partial charge in [0.05, 0.1) is 23.1 Å². The summed E-state index contributed by atoms with van der Waals surface area (Å²) in [5.41, 5.74) is 6.62. The number of benzene rings is 3. The lowest BCUT2D eigenvalue weighted by Crippen LogP contribution is -2.63. The minimum Gasteiger partial charge on any atom is -0.342 e. The number of fused-ring (bicyclic) bond motifs is 2. The van der Waals surface area contributed by atoms with Gasteiger partial charge in [-0.05, 0) is 47.5 Å². The summed E-state index contributed by atoms with van der Waals surface area (Å²) >= 11 is 5.42. The van der Waals surface area contributed by atoms with Gasteiger partial charge in [-0.2, -0.15) is 0 Å². The van der Waals surface area contributed by atoms with E-state index < -0.39 is 29.3 Å². The molecule has 0 spiro atoms.